The average molecular weight is 747 g/mol. The van der Waals surface area contributed by atoms with Gasteiger partial charge in [0, 0.05) is 0 Å². The molecule has 0 bridgehead atoms. The van der Waals surface area contributed by atoms with Crippen molar-refractivity contribution in [3.63, 3.8) is 0 Å². The molecule has 0 aliphatic heterocycles. The first-order chi connectivity index (χ1) is 25.1. The van der Waals surface area contributed by atoms with Crippen LogP contribution in [0.15, 0.2) is 24.3 Å². The van der Waals surface area contributed by atoms with Crippen molar-refractivity contribution in [1.29, 1.82) is 0 Å². The van der Waals surface area contributed by atoms with Crippen molar-refractivity contribution >= 4 is 16.6 Å². The Bertz CT molecular complexity index is 663. The largest absolute Gasteiger partial charge is 0.455 e. The van der Waals surface area contributed by atoms with Crippen molar-refractivity contribution in [2.45, 2.75) is 283 Å². The van der Waals surface area contributed by atoms with E-state index in [4.69, 9.17) is 4.12 Å². The molecular weight excluding hydrogens is 649 g/mol. The van der Waals surface area contributed by atoms with Gasteiger partial charge in [0.2, 0.25) is 0 Å². The van der Waals surface area contributed by atoms with Crippen molar-refractivity contribution in [1.82, 2.24) is 0 Å². The molecule has 0 fully saturated rings. The van der Waals surface area contributed by atoms with Gasteiger partial charge in [-0.1, -0.05) is 220 Å². The fourth-order valence-electron chi connectivity index (χ4n) is 8.15. The normalized spacial score (nSPS) is 12.7. The van der Waals surface area contributed by atoms with Crippen molar-refractivity contribution in [2.75, 3.05) is 0 Å². The van der Waals surface area contributed by atoms with Crippen LogP contribution in [0.3, 0.4) is 0 Å². The van der Waals surface area contributed by atoms with E-state index in [1.807, 2.05) is 0 Å². The van der Waals surface area contributed by atoms with Gasteiger partial charge in [0.1, 0.15) is 0 Å². The summed E-state index contributed by atoms with van der Waals surface area (Å²) in [5.74, 6) is 0. The number of hydrogen-bond acceptors (Lipinski definition) is 1. The fraction of sp³-hybridized carbons (Fsp3) is 0.917. The Morgan fingerprint density at radius 3 is 0.725 bits per heavy atom. The van der Waals surface area contributed by atoms with E-state index in [0.717, 1.165) is 0 Å². The molecule has 0 amide bonds. The maximum Gasteiger partial charge on any atom is 0.179 e. The van der Waals surface area contributed by atoms with E-state index in [9.17, 15) is 0 Å². The van der Waals surface area contributed by atoms with Gasteiger partial charge in [-0.3, -0.25) is 0 Å². The summed E-state index contributed by atoms with van der Waals surface area (Å²) in [7, 11) is -3.19. The Morgan fingerprint density at radius 1 is 0.275 bits per heavy atom. The van der Waals surface area contributed by atoms with E-state index in [1.54, 1.807) is 0 Å². The maximum absolute atomic E-state index is 7.56. The van der Waals surface area contributed by atoms with Crippen molar-refractivity contribution in [3.05, 3.63) is 24.3 Å². The lowest BCUT2D eigenvalue weighted by Gasteiger charge is -2.41. The first-order valence-electron chi connectivity index (χ1n) is 24.1. The van der Waals surface area contributed by atoms with Crippen LogP contribution in [-0.4, -0.2) is 16.6 Å². The molecule has 0 aliphatic carbocycles. The van der Waals surface area contributed by atoms with Gasteiger partial charge in [-0.2, -0.15) is 0 Å². The molecule has 0 radical (unpaired) electrons. The predicted octanol–water partition coefficient (Wildman–Crippen LogP) is 18.6. The predicted molar refractivity (Wildman–Crippen MR) is 242 cm³/mol. The standard InChI is InChI=1S/C48H98OSi2/c1-7-13-15-17-19-21-23-25-27-29-31-33-35-37-39-41-43-45-47-50(9-3,10-4)49-51(11-5,12-6)48-46-44-42-40-38-36-34-32-30-28-26-24-22-20-18-16-14-8-2/h25-28H,7-24,29-48H2,1-6H3. The smallest absolute Gasteiger partial charge is 0.179 e. The number of rotatable bonds is 42. The SMILES string of the molecule is CCCCCCCCC=CCCCCCCCCCC[Si](CC)(CC)O[Si](CC)(CC)CCCCCCCCCCC=CCCCCCCCC. The second-order valence-corrected chi connectivity index (χ2v) is 26.0. The number of hydrogen-bond donors (Lipinski definition) is 0. The van der Waals surface area contributed by atoms with Crippen molar-refractivity contribution in [3.8, 4) is 0 Å². The molecule has 0 unspecified atom stereocenters. The lowest BCUT2D eigenvalue weighted by atomic mass is 10.1. The molecule has 0 aromatic rings. The zero-order valence-corrected chi connectivity index (χ0v) is 38.6. The zero-order chi connectivity index (χ0) is 37.4. The minimum atomic E-state index is -1.59. The van der Waals surface area contributed by atoms with Crippen LogP contribution in [0, 0.1) is 0 Å². The van der Waals surface area contributed by atoms with Crippen molar-refractivity contribution < 1.29 is 4.12 Å². The third kappa shape index (κ3) is 31.9. The van der Waals surface area contributed by atoms with Gasteiger partial charge < -0.3 is 4.12 Å². The highest BCUT2D eigenvalue weighted by Gasteiger charge is 2.40. The summed E-state index contributed by atoms with van der Waals surface area (Å²) < 4.78 is 7.56. The summed E-state index contributed by atoms with van der Waals surface area (Å²) in [5.41, 5.74) is 0. The minimum absolute atomic E-state index is 1.30. The summed E-state index contributed by atoms with van der Waals surface area (Å²) in [6.07, 6.45) is 54.9. The number of allylic oxidation sites excluding steroid dienone is 4. The Labute approximate surface area is 327 Å². The Hall–Kier alpha value is -0.126. The molecule has 51 heavy (non-hydrogen) atoms. The summed E-state index contributed by atoms with van der Waals surface area (Å²) in [4.78, 5) is 0. The molecule has 0 N–H and O–H groups in total. The Morgan fingerprint density at radius 2 is 0.490 bits per heavy atom. The molecule has 0 rings (SSSR count). The number of unbranched alkanes of at least 4 members (excludes halogenated alkanes) is 28. The monoisotopic (exact) mass is 747 g/mol. The minimum Gasteiger partial charge on any atom is -0.455 e. The van der Waals surface area contributed by atoms with Gasteiger partial charge in [-0.05, 0) is 87.6 Å². The Kier molecular flexibility index (Phi) is 39.5. The lowest BCUT2D eigenvalue weighted by molar-refractivity contribution is 0.489. The highest BCUT2D eigenvalue weighted by atomic mass is 28.4. The van der Waals surface area contributed by atoms with Crippen LogP contribution in [0.2, 0.25) is 36.3 Å². The molecule has 0 saturated heterocycles. The van der Waals surface area contributed by atoms with Crippen LogP contribution in [-0.2, 0) is 4.12 Å². The van der Waals surface area contributed by atoms with E-state index in [-0.39, 0.29) is 0 Å². The fourth-order valence-corrected chi connectivity index (χ4v) is 19.2. The summed E-state index contributed by atoms with van der Waals surface area (Å²) >= 11 is 0. The van der Waals surface area contributed by atoms with E-state index in [0.29, 0.717) is 0 Å². The molecule has 0 aromatic heterocycles. The average Bonchev–Trinajstić information content (AvgIpc) is 3.16. The molecule has 0 aromatic carbocycles. The molecule has 0 aliphatic rings. The van der Waals surface area contributed by atoms with Crippen LogP contribution >= 0.6 is 0 Å². The second kappa shape index (κ2) is 39.6. The van der Waals surface area contributed by atoms with Crippen LogP contribution in [0.4, 0.5) is 0 Å². The Balaban J connectivity index is 4.00. The zero-order valence-electron chi connectivity index (χ0n) is 36.6. The van der Waals surface area contributed by atoms with Gasteiger partial charge in [-0.15, -0.1) is 0 Å². The van der Waals surface area contributed by atoms with E-state index in [2.05, 4.69) is 65.8 Å². The lowest BCUT2D eigenvalue weighted by Crippen LogP contribution is -2.50. The molecule has 304 valence electrons. The maximum atomic E-state index is 7.56. The molecule has 0 heterocycles. The highest BCUT2D eigenvalue weighted by Crippen LogP contribution is 2.35. The first-order valence-corrected chi connectivity index (χ1v) is 29.1. The third-order valence-corrected chi connectivity index (χ3v) is 23.4. The first kappa shape index (κ1) is 50.9. The quantitative estimate of drug-likeness (QED) is 0.0343. The van der Waals surface area contributed by atoms with Gasteiger partial charge in [0.25, 0.3) is 0 Å². The van der Waals surface area contributed by atoms with Gasteiger partial charge in [-0.25, -0.2) is 0 Å². The van der Waals surface area contributed by atoms with Crippen molar-refractivity contribution in [2.24, 2.45) is 0 Å². The third-order valence-electron chi connectivity index (χ3n) is 12.3. The van der Waals surface area contributed by atoms with Crippen LogP contribution < -0.4 is 0 Å². The second-order valence-electron chi connectivity index (χ2n) is 16.7. The molecule has 0 spiro atoms. The van der Waals surface area contributed by atoms with Crippen LogP contribution in [0.5, 0.6) is 0 Å². The molecule has 0 atom stereocenters. The molecule has 1 nitrogen and oxygen atoms in total. The van der Waals surface area contributed by atoms with Gasteiger partial charge >= 0.3 is 0 Å². The molecular formula is C48H98OSi2. The highest BCUT2D eigenvalue weighted by molar-refractivity contribution is 6.87. The van der Waals surface area contributed by atoms with Gasteiger partial charge in [0.15, 0.2) is 16.6 Å². The van der Waals surface area contributed by atoms with E-state index >= 15 is 0 Å². The van der Waals surface area contributed by atoms with E-state index in [1.165, 1.54) is 242 Å². The summed E-state index contributed by atoms with van der Waals surface area (Å²) in [6, 6.07) is 8.19. The molecule has 3 heteroatoms. The topological polar surface area (TPSA) is 9.23 Å². The van der Waals surface area contributed by atoms with E-state index < -0.39 is 16.6 Å². The summed E-state index contributed by atoms with van der Waals surface area (Å²) in [6.45, 7) is 14.5. The van der Waals surface area contributed by atoms with Gasteiger partial charge in [0.05, 0.1) is 0 Å². The van der Waals surface area contributed by atoms with Crippen LogP contribution in [0.25, 0.3) is 0 Å². The summed E-state index contributed by atoms with van der Waals surface area (Å²) in [5, 5.41) is 0. The molecule has 0 saturated carbocycles. The van der Waals surface area contributed by atoms with Crippen LogP contribution in [0.1, 0.15) is 247 Å².